The summed E-state index contributed by atoms with van der Waals surface area (Å²) in [5.41, 5.74) is 5.90. The van der Waals surface area contributed by atoms with Gasteiger partial charge in [-0.3, -0.25) is 4.90 Å². The molecule has 3 fully saturated rings. The first-order valence-corrected chi connectivity index (χ1v) is 9.29. The maximum absolute atomic E-state index is 5.90. The van der Waals surface area contributed by atoms with Crippen molar-refractivity contribution in [1.29, 1.82) is 0 Å². The van der Waals surface area contributed by atoms with E-state index in [1.54, 1.807) is 6.42 Å². The number of nitrogens with zero attached hydrogens (tertiary/aromatic N) is 1. The highest BCUT2D eigenvalue weighted by Crippen LogP contribution is 2.44. The van der Waals surface area contributed by atoms with Gasteiger partial charge in [0.15, 0.2) is 0 Å². The second-order valence-corrected chi connectivity index (χ2v) is 7.70. The summed E-state index contributed by atoms with van der Waals surface area (Å²) < 4.78 is 0. The first kappa shape index (κ1) is 14.8. The van der Waals surface area contributed by atoms with Crippen LogP contribution in [-0.4, -0.2) is 29.6 Å². The molecule has 20 heavy (non-hydrogen) atoms. The van der Waals surface area contributed by atoms with E-state index in [2.05, 4.69) is 11.8 Å². The van der Waals surface area contributed by atoms with Crippen LogP contribution in [0.25, 0.3) is 0 Å². The average Bonchev–Trinajstić information content (AvgIpc) is 2.47. The molecule has 0 aromatic rings. The van der Waals surface area contributed by atoms with Gasteiger partial charge in [0.2, 0.25) is 0 Å². The molecule has 1 saturated heterocycles. The van der Waals surface area contributed by atoms with E-state index in [0.717, 1.165) is 36.5 Å². The quantitative estimate of drug-likeness (QED) is 0.844. The smallest absolute Gasteiger partial charge is 0.0113 e. The summed E-state index contributed by atoms with van der Waals surface area (Å²) in [6, 6.07) is 2.53. The summed E-state index contributed by atoms with van der Waals surface area (Å²) in [6.07, 6.45) is 15.9. The fraction of sp³-hybridized carbons (Fsp3) is 1.00. The molecule has 3 aliphatic rings. The Hall–Kier alpha value is -0.0800. The van der Waals surface area contributed by atoms with E-state index >= 15 is 0 Å². The van der Waals surface area contributed by atoms with Gasteiger partial charge >= 0.3 is 0 Å². The number of rotatable bonds is 4. The molecule has 1 heterocycles. The van der Waals surface area contributed by atoms with Gasteiger partial charge in [-0.1, -0.05) is 32.6 Å². The first-order chi connectivity index (χ1) is 9.81. The molecule has 3 rings (SSSR count). The van der Waals surface area contributed by atoms with E-state index in [4.69, 9.17) is 5.73 Å². The molecule has 2 heteroatoms. The normalized spacial score (nSPS) is 42.6. The standard InChI is InChI=1S/C18H34N2/c1-2-16-7-4-8-17(9-10-19)20(16)18-12-14-5-3-6-15(11-14)13-18/h14-18H,2-13,19H2,1H3. The first-order valence-electron chi connectivity index (χ1n) is 9.29. The molecule has 2 bridgehead atoms. The Bertz CT molecular complexity index is 290. The Balaban J connectivity index is 1.72. The molecule has 1 aliphatic heterocycles. The lowest BCUT2D eigenvalue weighted by Gasteiger charge is -2.51. The number of likely N-dealkylation sites (tertiary alicyclic amines) is 1. The van der Waals surface area contributed by atoms with Gasteiger partial charge in [-0.15, -0.1) is 0 Å². The summed E-state index contributed by atoms with van der Waals surface area (Å²) in [7, 11) is 0. The van der Waals surface area contributed by atoms with Crippen LogP contribution in [0.2, 0.25) is 0 Å². The zero-order valence-corrected chi connectivity index (χ0v) is 13.4. The van der Waals surface area contributed by atoms with E-state index in [1.165, 1.54) is 64.2 Å². The van der Waals surface area contributed by atoms with E-state index < -0.39 is 0 Å². The predicted molar refractivity (Wildman–Crippen MR) is 85.7 cm³/mol. The van der Waals surface area contributed by atoms with Crippen molar-refractivity contribution in [2.75, 3.05) is 6.54 Å². The van der Waals surface area contributed by atoms with Crippen molar-refractivity contribution in [3.8, 4) is 0 Å². The molecule has 0 spiro atoms. The van der Waals surface area contributed by atoms with Crippen LogP contribution in [0.3, 0.4) is 0 Å². The van der Waals surface area contributed by atoms with Gasteiger partial charge < -0.3 is 5.73 Å². The second-order valence-electron chi connectivity index (χ2n) is 7.70. The fourth-order valence-corrected chi connectivity index (χ4v) is 5.62. The zero-order chi connectivity index (χ0) is 13.9. The molecule has 4 atom stereocenters. The van der Waals surface area contributed by atoms with Crippen LogP contribution in [0.15, 0.2) is 0 Å². The molecular weight excluding hydrogens is 244 g/mol. The molecule has 0 aromatic heterocycles. The van der Waals surface area contributed by atoms with Gasteiger partial charge in [-0.2, -0.15) is 0 Å². The molecule has 2 nitrogen and oxygen atoms in total. The average molecular weight is 278 g/mol. The van der Waals surface area contributed by atoms with Gasteiger partial charge in [-0.05, 0) is 63.3 Å². The van der Waals surface area contributed by atoms with Crippen molar-refractivity contribution >= 4 is 0 Å². The highest BCUT2D eigenvalue weighted by Gasteiger charge is 2.40. The molecule has 0 amide bonds. The summed E-state index contributed by atoms with van der Waals surface area (Å²) in [6.45, 7) is 3.27. The van der Waals surface area contributed by atoms with Crippen molar-refractivity contribution in [3.63, 3.8) is 0 Å². The lowest BCUT2D eigenvalue weighted by Crippen LogP contribution is -2.54. The molecule has 116 valence electrons. The molecule has 2 saturated carbocycles. The number of nitrogens with two attached hydrogens (primary N) is 1. The number of hydrogen-bond donors (Lipinski definition) is 1. The van der Waals surface area contributed by atoms with E-state index in [9.17, 15) is 0 Å². The van der Waals surface area contributed by atoms with E-state index in [1.807, 2.05) is 0 Å². The second kappa shape index (κ2) is 6.79. The van der Waals surface area contributed by atoms with Crippen molar-refractivity contribution in [1.82, 2.24) is 4.90 Å². The van der Waals surface area contributed by atoms with Gasteiger partial charge in [0, 0.05) is 18.1 Å². The number of fused-ring (bicyclic) bond motifs is 2. The Kier molecular flexibility index (Phi) is 5.04. The van der Waals surface area contributed by atoms with Gasteiger partial charge in [0.25, 0.3) is 0 Å². The molecule has 2 aliphatic carbocycles. The fourth-order valence-electron chi connectivity index (χ4n) is 5.62. The Morgan fingerprint density at radius 2 is 1.55 bits per heavy atom. The topological polar surface area (TPSA) is 29.3 Å². The van der Waals surface area contributed by atoms with Crippen molar-refractivity contribution < 1.29 is 0 Å². The largest absolute Gasteiger partial charge is 0.330 e. The summed E-state index contributed by atoms with van der Waals surface area (Å²) >= 11 is 0. The van der Waals surface area contributed by atoms with Gasteiger partial charge in [-0.25, -0.2) is 0 Å². The Morgan fingerprint density at radius 3 is 2.20 bits per heavy atom. The minimum absolute atomic E-state index is 0.794. The number of hydrogen-bond acceptors (Lipinski definition) is 2. The third kappa shape index (κ3) is 3.06. The highest BCUT2D eigenvalue weighted by molar-refractivity contribution is 4.94. The van der Waals surface area contributed by atoms with Crippen LogP contribution in [0, 0.1) is 11.8 Å². The minimum atomic E-state index is 0.794. The number of piperidine rings is 1. The minimum Gasteiger partial charge on any atom is -0.330 e. The lowest BCUT2D eigenvalue weighted by molar-refractivity contribution is -0.0141. The van der Waals surface area contributed by atoms with Gasteiger partial charge in [0.05, 0.1) is 0 Å². The molecule has 0 radical (unpaired) electrons. The monoisotopic (exact) mass is 278 g/mol. The maximum Gasteiger partial charge on any atom is 0.0113 e. The molecule has 0 aromatic carbocycles. The van der Waals surface area contributed by atoms with Crippen LogP contribution in [0.5, 0.6) is 0 Å². The molecule has 4 unspecified atom stereocenters. The van der Waals surface area contributed by atoms with Crippen molar-refractivity contribution in [2.45, 2.75) is 95.7 Å². The summed E-state index contributed by atoms with van der Waals surface area (Å²) in [4.78, 5) is 2.97. The van der Waals surface area contributed by atoms with Crippen LogP contribution in [0.4, 0.5) is 0 Å². The summed E-state index contributed by atoms with van der Waals surface area (Å²) in [5.74, 6) is 2.09. The van der Waals surface area contributed by atoms with E-state index in [-0.39, 0.29) is 0 Å². The Morgan fingerprint density at radius 1 is 0.900 bits per heavy atom. The van der Waals surface area contributed by atoms with Gasteiger partial charge in [0.1, 0.15) is 0 Å². The highest BCUT2D eigenvalue weighted by atomic mass is 15.2. The van der Waals surface area contributed by atoms with E-state index in [0.29, 0.717) is 0 Å². The maximum atomic E-state index is 5.90. The molecular formula is C18H34N2. The lowest BCUT2D eigenvalue weighted by atomic mass is 9.69. The zero-order valence-electron chi connectivity index (χ0n) is 13.4. The van der Waals surface area contributed by atoms with Crippen molar-refractivity contribution in [3.05, 3.63) is 0 Å². The SMILES string of the molecule is CCC1CCCC(CCN)N1C1CC2CCCC(C2)C1. The van der Waals surface area contributed by atoms with Crippen LogP contribution in [-0.2, 0) is 0 Å². The molecule has 2 N–H and O–H groups in total. The summed E-state index contributed by atoms with van der Waals surface area (Å²) in [5, 5.41) is 0. The third-order valence-electron chi connectivity index (χ3n) is 6.41. The van der Waals surface area contributed by atoms with Crippen molar-refractivity contribution in [2.24, 2.45) is 17.6 Å². The third-order valence-corrected chi connectivity index (χ3v) is 6.41. The van der Waals surface area contributed by atoms with Crippen LogP contribution < -0.4 is 5.73 Å². The Labute approximate surface area is 125 Å². The van der Waals surface area contributed by atoms with Crippen LogP contribution in [0.1, 0.15) is 77.6 Å². The van der Waals surface area contributed by atoms with Crippen LogP contribution >= 0.6 is 0 Å². The predicted octanol–water partition coefficient (Wildman–Crippen LogP) is 3.94.